The summed E-state index contributed by atoms with van der Waals surface area (Å²) in [5.41, 5.74) is -0.224. The van der Waals surface area contributed by atoms with Crippen molar-refractivity contribution in [2.75, 3.05) is 33.4 Å². The second-order valence-corrected chi connectivity index (χ2v) is 6.33. The lowest BCUT2D eigenvalue weighted by Crippen LogP contribution is -2.42. The van der Waals surface area contributed by atoms with E-state index in [9.17, 15) is 29.3 Å². The Morgan fingerprint density at radius 2 is 1.93 bits per heavy atom. The van der Waals surface area contributed by atoms with Gasteiger partial charge in [0.2, 0.25) is 0 Å². The van der Waals surface area contributed by atoms with Crippen LogP contribution in [0, 0.1) is 16.0 Å². The summed E-state index contributed by atoms with van der Waals surface area (Å²) in [4.78, 5) is 58.9. The van der Waals surface area contributed by atoms with Crippen LogP contribution in [0.15, 0.2) is 24.3 Å². The van der Waals surface area contributed by atoms with Crippen LogP contribution >= 0.6 is 0 Å². The number of amides is 2. The highest BCUT2D eigenvalue weighted by Gasteiger charge is 2.28. The molecule has 0 spiro atoms. The monoisotopic (exact) mass is 407 g/mol. The molecule has 11 nitrogen and oxygen atoms in total. The summed E-state index contributed by atoms with van der Waals surface area (Å²) in [6.45, 7) is -0.243. The van der Waals surface area contributed by atoms with Crippen LogP contribution in [0.25, 0.3) is 0 Å². The molecular weight excluding hydrogens is 386 g/mol. The van der Waals surface area contributed by atoms with Crippen LogP contribution in [0.4, 0.5) is 5.69 Å². The summed E-state index contributed by atoms with van der Waals surface area (Å²) < 4.78 is 9.54. The molecule has 2 amide bonds. The highest BCUT2D eigenvalue weighted by molar-refractivity contribution is 5.96. The smallest absolute Gasteiger partial charge is 0.325 e. The van der Waals surface area contributed by atoms with Crippen molar-refractivity contribution < 1.29 is 33.6 Å². The second kappa shape index (κ2) is 10.2. The minimum Gasteiger partial charge on any atom is -0.469 e. The van der Waals surface area contributed by atoms with Crippen molar-refractivity contribution in [3.8, 4) is 0 Å². The van der Waals surface area contributed by atoms with Gasteiger partial charge in [-0.1, -0.05) is 6.07 Å². The number of hydrogen-bond acceptors (Lipinski definition) is 8. The molecule has 1 N–H and O–H groups in total. The number of nitro benzene ring substituents is 1. The summed E-state index contributed by atoms with van der Waals surface area (Å²) in [5, 5.41) is 13.0. The average Bonchev–Trinajstić information content (AvgIpc) is 2.75. The molecule has 0 aliphatic carbocycles. The fourth-order valence-corrected chi connectivity index (χ4v) is 2.83. The molecule has 1 heterocycles. The largest absolute Gasteiger partial charge is 0.469 e. The lowest BCUT2D eigenvalue weighted by molar-refractivity contribution is -0.384. The van der Waals surface area contributed by atoms with Gasteiger partial charge in [0.05, 0.1) is 18.0 Å². The molecule has 1 aromatic carbocycles. The van der Waals surface area contributed by atoms with Crippen molar-refractivity contribution in [2.45, 2.75) is 12.8 Å². The molecule has 2 rings (SSSR count). The Labute approximate surface area is 166 Å². The molecule has 1 aromatic rings. The van der Waals surface area contributed by atoms with Gasteiger partial charge in [0.15, 0.2) is 6.61 Å². The van der Waals surface area contributed by atoms with E-state index in [4.69, 9.17) is 4.74 Å². The molecular formula is C18H21N3O8. The van der Waals surface area contributed by atoms with E-state index in [0.29, 0.717) is 25.9 Å². The number of esters is 2. The minimum absolute atomic E-state index is 0.0246. The summed E-state index contributed by atoms with van der Waals surface area (Å²) in [5.74, 6) is -2.44. The van der Waals surface area contributed by atoms with Gasteiger partial charge in [-0.3, -0.25) is 29.3 Å². The Morgan fingerprint density at radius 3 is 2.55 bits per heavy atom. The number of benzene rings is 1. The van der Waals surface area contributed by atoms with Gasteiger partial charge in [-0.25, -0.2) is 0 Å². The minimum atomic E-state index is -0.818. The molecule has 1 aliphatic heterocycles. The van der Waals surface area contributed by atoms with Crippen molar-refractivity contribution >= 4 is 29.4 Å². The van der Waals surface area contributed by atoms with Gasteiger partial charge in [-0.15, -0.1) is 0 Å². The maximum atomic E-state index is 12.1. The molecule has 1 aliphatic rings. The molecule has 0 saturated carbocycles. The zero-order chi connectivity index (χ0) is 21.4. The number of nitro groups is 1. The topological polar surface area (TPSA) is 145 Å². The summed E-state index contributed by atoms with van der Waals surface area (Å²) in [6.07, 6.45) is 0.956. The van der Waals surface area contributed by atoms with Gasteiger partial charge in [0.1, 0.15) is 6.54 Å². The Morgan fingerprint density at radius 1 is 1.24 bits per heavy atom. The molecule has 0 aromatic heterocycles. The fraction of sp³-hybridized carbons (Fsp3) is 0.444. The quantitative estimate of drug-likeness (QED) is 0.385. The van der Waals surface area contributed by atoms with Crippen LogP contribution < -0.4 is 5.32 Å². The third kappa shape index (κ3) is 6.26. The number of carbonyl (C=O) groups is 4. The van der Waals surface area contributed by atoms with Crippen molar-refractivity contribution in [3.63, 3.8) is 0 Å². The zero-order valence-electron chi connectivity index (χ0n) is 15.8. The van der Waals surface area contributed by atoms with Gasteiger partial charge < -0.3 is 19.7 Å². The first kappa shape index (κ1) is 21.8. The lowest BCUT2D eigenvalue weighted by Gasteiger charge is -2.30. The molecule has 1 fully saturated rings. The normalized spacial score (nSPS) is 14.0. The van der Waals surface area contributed by atoms with Crippen molar-refractivity contribution in [3.05, 3.63) is 39.9 Å². The van der Waals surface area contributed by atoms with E-state index in [0.717, 1.165) is 6.07 Å². The summed E-state index contributed by atoms with van der Waals surface area (Å²) in [6, 6.07) is 5.05. The fourth-order valence-electron chi connectivity index (χ4n) is 2.83. The Balaban J connectivity index is 1.72. The van der Waals surface area contributed by atoms with E-state index in [2.05, 4.69) is 10.1 Å². The van der Waals surface area contributed by atoms with Gasteiger partial charge in [-0.2, -0.15) is 0 Å². The lowest BCUT2D eigenvalue weighted by atomic mass is 9.97. The maximum Gasteiger partial charge on any atom is 0.325 e. The van der Waals surface area contributed by atoms with Crippen molar-refractivity contribution in [1.29, 1.82) is 0 Å². The number of methoxy groups -OCH3 is 1. The van der Waals surface area contributed by atoms with E-state index in [1.807, 2.05) is 0 Å². The zero-order valence-corrected chi connectivity index (χ0v) is 15.8. The van der Waals surface area contributed by atoms with E-state index in [1.54, 1.807) is 0 Å². The first-order valence-corrected chi connectivity index (χ1v) is 8.85. The predicted octanol–water partition coefficient (Wildman–Crippen LogP) is 0.279. The van der Waals surface area contributed by atoms with E-state index >= 15 is 0 Å². The SMILES string of the molecule is COC(=O)C1CCN(C(=O)COC(=O)CNC(=O)c2cccc([N+](=O)[O-])c2)CC1. The summed E-state index contributed by atoms with van der Waals surface area (Å²) >= 11 is 0. The van der Waals surface area contributed by atoms with Gasteiger partial charge in [0, 0.05) is 30.8 Å². The van der Waals surface area contributed by atoms with E-state index in [-0.39, 0.29) is 23.1 Å². The molecule has 0 bridgehead atoms. The van der Waals surface area contributed by atoms with Crippen LogP contribution in [0.5, 0.6) is 0 Å². The van der Waals surface area contributed by atoms with Crippen LogP contribution in [-0.4, -0.2) is 66.9 Å². The molecule has 156 valence electrons. The van der Waals surface area contributed by atoms with Crippen LogP contribution in [0.3, 0.4) is 0 Å². The average molecular weight is 407 g/mol. The predicted molar refractivity (Wildman–Crippen MR) is 97.7 cm³/mol. The van der Waals surface area contributed by atoms with E-state index < -0.39 is 35.9 Å². The van der Waals surface area contributed by atoms with E-state index in [1.165, 1.54) is 30.2 Å². The number of non-ortho nitro benzene ring substituents is 1. The van der Waals surface area contributed by atoms with Crippen LogP contribution in [0.1, 0.15) is 23.2 Å². The van der Waals surface area contributed by atoms with Crippen molar-refractivity contribution in [1.82, 2.24) is 10.2 Å². The number of rotatable bonds is 7. The second-order valence-electron chi connectivity index (χ2n) is 6.33. The molecule has 0 atom stereocenters. The highest BCUT2D eigenvalue weighted by atomic mass is 16.6. The first-order chi connectivity index (χ1) is 13.8. The molecule has 0 unspecified atom stereocenters. The third-order valence-electron chi connectivity index (χ3n) is 4.45. The number of carbonyl (C=O) groups excluding carboxylic acids is 4. The number of nitrogens with one attached hydrogen (secondary N) is 1. The van der Waals surface area contributed by atoms with Gasteiger partial charge in [-0.05, 0) is 18.9 Å². The summed E-state index contributed by atoms with van der Waals surface area (Å²) in [7, 11) is 1.32. The van der Waals surface area contributed by atoms with Gasteiger partial charge >= 0.3 is 11.9 Å². The molecule has 11 heteroatoms. The molecule has 0 radical (unpaired) electrons. The Hall–Kier alpha value is -3.50. The Bertz CT molecular complexity index is 802. The molecule has 1 saturated heterocycles. The first-order valence-electron chi connectivity index (χ1n) is 8.85. The van der Waals surface area contributed by atoms with Crippen LogP contribution in [0.2, 0.25) is 0 Å². The highest BCUT2D eigenvalue weighted by Crippen LogP contribution is 2.18. The number of likely N-dealkylation sites (tertiary alicyclic amines) is 1. The number of piperidine rings is 1. The van der Waals surface area contributed by atoms with Gasteiger partial charge in [0.25, 0.3) is 17.5 Å². The van der Waals surface area contributed by atoms with Crippen molar-refractivity contribution in [2.24, 2.45) is 5.92 Å². The standard InChI is InChI=1S/C18H21N3O8/c1-28-18(25)12-5-7-20(8-6-12)15(22)11-29-16(23)10-19-17(24)13-3-2-4-14(9-13)21(26)27/h2-4,9,12H,5-8,10-11H2,1H3,(H,19,24). The van der Waals surface area contributed by atoms with Crippen LogP contribution in [-0.2, 0) is 23.9 Å². The third-order valence-corrected chi connectivity index (χ3v) is 4.45. The molecule has 29 heavy (non-hydrogen) atoms. The maximum absolute atomic E-state index is 12.1. The number of hydrogen-bond donors (Lipinski definition) is 1. The number of ether oxygens (including phenoxy) is 2. The Kier molecular flexibility index (Phi) is 7.63. The number of nitrogens with zero attached hydrogens (tertiary/aromatic N) is 2.